The van der Waals surface area contributed by atoms with E-state index in [0.717, 1.165) is 20.7 Å². The first-order chi connectivity index (χ1) is 8.74. The molecule has 1 aromatic heterocycles. The lowest BCUT2D eigenvalue weighted by Crippen LogP contribution is -1.99. The molecule has 2 aromatic rings. The average Bonchev–Trinajstić information content (AvgIpc) is 2.41. The van der Waals surface area contributed by atoms with Crippen LogP contribution in [0.4, 0.5) is 5.82 Å². The third-order valence-corrected chi connectivity index (χ3v) is 3.19. The van der Waals surface area contributed by atoms with Crippen molar-refractivity contribution in [3.05, 3.63) is 34.0 Å². The highest BCUT2D eigenvalue weighted by molar-refractivity contribution is 14.1. The summed E-state index contributed by atoms with van der Waals surface area (Å²) in [6, 6.07) is 7.79. The van der Waals surface area contributed by atoms with Gasteiger partial charge in [0.1, 0.15) is 11.6 Å². The van der Waals surface area contributed by atoms with Crippen molar-refractivity contribution in [1.29, 1.82) is 0 Å². The summed E-state index contributed by atoms with van der Waals surface area (Å²) in [5.41, 5.74) is 0.978. The summed E-state index contributed by atoms with van der Waals surface area (Å²) in [7, 11) is 1.85. The molecule has 0 unspecified atom stereocenters. The normalized spacial score (nSPS) is 10.2. The van der Waals surface area contributed by atoms with E-state index in [9.17, 15) is 0 Å². The van der Waals surface area contributed by atoms with E-state index in [0.29, 0.717) is 12.4 Å². The number of halogens is 1. The monoisotopic (exact) mass is 355 g/mol. The second-order valence-electron chi connectivity index (χ2n) is 3.60. The Kier molecular flexibility index (Phi) is 4.35. The standard InChI is InChI=1S/C13H14IN3O/c1-3-18-10-6-4-9(5-7-10)12-16-8-11(14)13(15-2)17-12/h4-8H,3H2,1-2H3,(H,15,16,17). The SMILES string of the molecule is CCOc1ccc(-c2ncc(I)c(NC)n2)cc1. The molecule has 0 saturated carbocycles. The molecule has 1 aromatic carbocycles. The summed E-state index contributed by atoms with van der Waals surface area (Å²) in [6.07, 6.45) is 1.81. The zero-order chi connectivity index (χ0) is 13.0. The van der Waals surface area contributed by atoms with Gasteiger partial charge in [0.15, 0.2) is 5.82 Å². The first kappa shape index (κ1) is 13.1. The second kappa shape index (κ2) is 5.99. The van der Waals surface area contributed by atoms with Gasteiger partial charge in [0.25, 0.3) is 0 Å². The molecule has 4 nitrogen and oxygen atoms in total. The number of rotatable bonds is 4. The van der Waals surface area contributed by atoms with Gasteiger partial charge >= 0.3 is 0 Å². The number of ether oxygens (including phenoxy) is 1. The van der Waals surface area contributed by atoms with Gasteiger partial charge in [-0.2, -0.15) is 0 Å². The molecule has 0 aliphatic heterocycles. The molecule has 0 amide bonds. The molecule has 0 aliphatic carbocycles. The minimum Gasteiger partial charge on any atom is -0.494 e. The highest BCUT2D eigenvalue weighted by Gasteiger charge is 2.05. The van der Waals surface area contributed by atoms with Gasteiger partial charge in [-0.15, -0.1) is 0 Å². The maximum absolute atomic E-state index is 5.41. The molecular weight excluding hydrogens is 341 g/mol. The summed E-state index contributed by atoms with van der Waals surface area (Å²) in [5, 5.41) is 3.05. The third-order valence-electron chi connectivity index (χ3n) is 2.40. The molecule has 94 valence electrons. The van der Waals surface area contributed by atoms with Crippen molar-refractivity contribution in [2.45, 2.75) is 6.92 Å². The Morgan fingerprint density at radius 3 is 2.61 bits per heavy atom. The van der Waals surface area contributed by atoms with Gasteiger partial charge in [-0.1, -0.05) is 0 Å². The van der Waals surface area contributed by atoms with E-state index >= 15 is 0 Å². The van der Waals surface area contributed by atoms with E-state index < -0.39 is 0 Å². The molecule has 0 atom stereocenters. The Balaban J connectivity index is 2.30. The number of nitrogens with zero attached hydrogens (tertiary/aromatic N) is 2. The van der Waals surface area contributed by atoms with Crippen molar-refractivity contribution < 1.29 is 4.74 Å². The van der Waals surface area contributed by atoms with Crippen LogP contribution in [-0.4, -0.2) is 23.6 Å². The number of aromatic nitrogens is 2. The smallest absolute Gasteiger partial charge is 0.161 e. The predicted molar refractivity (Wildman–Crippen MR) is 80.9 cm³/mol. The number of benzene rings is 1. The van der Waals surface area contributed by atoms with E-state index in [1.807, 2.05) is 44.4 Å². The van der Waals surface area contributed by atoms with Crippen LogP contribution >= 0.6 is 22.6 Å². The van der Waals surface area contributed by atoms with Crippen LogP contribution in [0.3, 0.4) is 0 Å². The highest BCUT2D eigenvalue weighted by atomic mass is 127. The molecule has 0 aliphatic rings. The van der Waals surface area contributed by atoms with Crippen LogP contribution in [0.2, 0.25) is 0 Å². The van der Waals surface area contributed by atoms with Crippen molar-refractivity contribution in [1.82, 2.24) is 9.97 Å². The fraction of sp³-hybridized carbons (Fsp3) is 0.231. The molecule has 0 fully saturated rings. The van der Waals surface area contributed by atoms with Crippen molar-refractivity contribution in [3.63, 3.8) is 0 Å². The molecule has 0 radical (unpaired) electrons. The van der Waals surface area contributed by atoms with Crippen molar-refractivity contribution in [2.75, 3.05) is 19.0 Å². The fourth-order valence-corrected chi connectivity index (χ4v) is 2.08. The topological polar surface area (TPSA) is 47.0 Å². The molecule has 1 N–H and O–H groups in total. The molecule has 0 bridgehead atoms. The lowest BCUT2D eigenvalue weighted by Gasteiger charge is -2.07. The fourth-order valence-electron chi connectivity index (χ4n) is 1.55. The molecule has 5 heteroatoms. The van der Waals surface area contributed by atoms with Crippen LogP contribution in [0.1, 0.15) is 6.92 Å². The summed E-state index contributed by atoms with van der Waals surface area (Å²) in [5.74, 6) is 2.41. The Bertz CT molecular complexity index is 528. The van der Waals surface area contributed by atoms with Gasteiger partial charge in [-0.3, -0.25) is 0 Å². The third kappa shape index (κ3) is 2.90. The van der Waals surface area contributed by atoms with E-state index in [1.165, 1.54) is 0 Å². The number of hydrogen-bond acceptors (Lipinski definition) is 4. The van der Waals surface area contributed by atoms with Crippen molar-refractivity contribution >= 4 is 28.4 Å². The van der Waals surface area contributed by atoms with Crippen molar-refractivity contribution in [2.24, 2.45) is 0 Å². The van der Waals surface area contributed by atoms with E-state index in [-0.39, 0.29) is 0 Å². The molecule has 1 heterocycles. The Morgan fingerprint density at radius 1 is 1.28 bits per heavy atom. The van der Waals surface area contributed by atoms with Gasteiger partial charge < -0.3 is 10.1 Å². The number of anilines is 1. The molecule has 18 heavy (non-hydrogen) atoms. The largest absolute Gasteiger partial charge is 0.494 e. The van der Waals surface area contributed by atoms with Gasteiger partial charge in [-0.05, 0) is 53.8 Å². The van der Waals surface area contributed by atoms with Crippen LogP contribution in [-0.2, 0) is 0 Å². The molecule has 0 spiro atoms. The quantitative estimate of drug-likeness (QED) is 0.856. The first-order valence-corrected chi connectivity index (χ1v) is 6.76. The lowest BCUT2D eigenvalue weighted by atomic mass is 10.2. The van der Waals surface area contributed by atoms with Gasteiger partial charge in [0.05, 0.1) is 10.2 Å². The van der Waals surface area contributed by atoms with Gasteiger partial charge in [0, 0.05) is 18.8 Å². The minimum absolute atomic E-state index is 0.670. The van der Waals surface area contributed by atoms with E-state index in [1.54, 1.807) is 0 Å². The van der Waals surface area contributed by atoms with Gasteiger partial charge in [0.2, 0.25) is 0 Å². The maximum Gasteiger partial charge on any atom is 0.161 e. The summed E-state index contributed by atoms with van der Waals surface area (Å²) in [6.45, 7) is 2.64. The van der Waals surface area contributed by atoms with E-state index in [2.05, 4.69) is 37.9 Å². The van der Waals surface area contributed by atoms with E-state index in [4.69, 9.17) is 4.74 Å². The molecule has 0 saturated heterocycles. The summed E-state index contributed by atoms with van der Waals surface area (Å²) in [4.78, 5) is 8.80. The minimum atomic E-state index is 0.670. The second-order valence-corrected chi connectivity index (χ2v) is 4.76. The number of hydrogen-bond donors (Lipinski definition) is 1. The zero-order valence-electron chi connectivity index (χ0n) is 10.3. The summed E-state index contributed by atoms with van der Waals surface area (Å²) < 4.78 is 6.41. The van der Waals surface area contributed by atoms with Crippen LogP contribution in [0.15, 0.2) is 30.5 Å². The Hall–Kier alpha value is -1.37. The molecule has 2 rings (SSSR count). The Labute approximate surface area is 120 Å². The number of nitrogens with one attached hydrogen (secondary N) is 1. The van der Waals surface area contributed by atoms with Crippen LogP contribution in [0, 0.1) is 3.57 Å². The predicted octanol–water partition coefficient (Wildman–Crippen LogP) is 3.19. The Morgan fingerprint density at radius 2 is 2.00 bits per heavy atom. The highest BCUT2D eigenvalue weighted by Crippen LogP contribution is 2.22. The summed E-state index contributed by atoms with van der Waals surface area (Å²) >= 11 is 2.21. The van der Waals surface area contributed by atoms with Crippen LogP contribution < -0.4 is 10.1 Å². The average molecular weight is 355 g/mol. The van der Waals surface area contributed by atoms with Crippen LogP contribution in [0.25, 0.3) is 11.4 Å². The molecular formula is C13H14IN3O. The first-order valence-electron chi connectivity index (χ1n) is 5.68. The zero-order valence-corrected chi connectivity index (χ0v) is 12.4. The maximum atomic E-state index is 5.41. The van der Waals surface area contributed by atoms with Crippen LogP contribution in [0.5, 0.6) is 5.75 Å². The van der Waals surface area contributed by atoms with Crippen molar-refractivity contribution in [3.8, 4) is 17.1 Å². The lowest BCUT2D eigenvalue weighted by molar-refractivity contribution is 0.340. The van der Waals surface area contributed by atoms with Gasteiger partial charge in [-0.25, -0.2) is 9.97 Å².